The number of aryl methyl sites for hydroxylation is 2. The van der Waals surface area contributed by atoms with E-state index in [4.69, 9.17) is 4.42 Å². The van der Waals surface area contributed by atoms with E-state index in [-0.39, 0.29) is 43.1 Å². The fourth-order valence-electron chi connectivity index (χ4n) is 3.19. The molecule has 3 aromatic rings. The number of aromatic nitrogens is 2. The molecule has 0 fully saturated rings. The maximum Gasteiger partial charge on any atom is 0.274 e. The van der Waals surface area contributed by atoms with Gasteiger partial charge in [0.15, 0.2) is 0 Å². The quantitative estimate of drug-likeness (QED) is 0.542. The molecule has 0 aliphatic heterocycles. The first-order chi connectivity index (χ1) is 15.0. The fraction of sp³-hybridized carbons (Fsp3) is 0.333. The number of furan rings is 1. The van der Waals surface area contributed by atoms with E-state index < -0.39 is 0 Å². The third-order valence-electron chi connectivity index (χ3n) is 4.94. The summed E-state index contributed by atoms with van der Waals surface area (Å²) < 4.78 is 5.38. The van der Waals surface area contributed by atoms with E-state index in [1.54, 1.807) is 29.5 Å². The molecule has 0 aliphatic carbocycles. The lowest BCUT2D eigenvalue weighted by Gasteiger charge is -2.22. The zero-order valence-corrected chi connectivity index (χ0v) is 18.0. The van der Waals surface area contributed by atoms with E-state index in [1.807, 2.05) is 32.0 Å². The van der Waals surface area contributed by atoms with Gasteiger partial charge in [-0.3, -0.25) is 14.6 Å². The summed E-state index contributed by atoms with van der Waals surface area (Å²) in [6.45, 7) is 4.32. The van der Waals surface area contributed by atoms with Crippen LogP contribution in [-0.4, -0.2) is 39.3 Å². The van der Waals surface area contributed by atoms with Crippen molar-refractivity contribution in [2.24, 2.45) is 0 Å². The number of carbonyl (C=O) groups is 2. The van der Waals surface area contributed by atoms with Crippen LogP contribution >= 0.6 is 0 Å². The normalized spacial score (nSPS) is 11.7. The van der Waals surface area contributed by atoms with Gasteiger partial charge in [0.1, 0.15) is 11.5 Å². The number of hydrogen-bond acceptors (Lipinski definition) is 5. The van der Waals surface area contributed by atoms with Crippen molar-refractivity contribution in [1.82, 2.24) is 20.2 Å². The molecule has 0 aliphatic rings. The van der Waals surface area contributed by atoms with Crippen molar-refractivity contribution in [3.05, 3.63) is 83.8 Å². The summed E-state index contributed by atoms with van der Waals surface area (Å²) in [5.41, 5.74) is 2.23. The first-order valence-electron chi connectivity index (χ1n) is 10.4. The Morgan fingerprint density at radius 2 is 1.90 bits per heavy atom. The van der Waals surface area contributed by atoms with Gasteiger partial charge in [0, 0.05) is 25.2 Å². The first-order valence-corrected chi connectivity index (χ1v) is 10.4. The Balaban J connectivity index is 1.54. The van der Waals surface area contributed by atoms with Crippen LogP contribution in [0.4, 0.5) is 0 Å². The molecule has 0 saturated heterocycles. The average molecular weight is 421 g/mol. The zero-order chi connectivity index (χ0) is 22.1. The Morgan fingerprint density at radius 1 is 1.10 bits per heavy atom. The number of nitrogens with one attached hydrogen (secondary N) is 1. The monoisotopic (exact) mass is 420 g/mol. The summed E-state index contributed by atoms with van der Waals surface area (Å²) >= 11 is 0. The van der Waals surface area contributed by atoms with Crippen molar-refractivity contribution in [1.29, 1.82) is 0 Å². The topological polar surface area (TPSA) is 88.3 Å². The molecule has 0 radical (unpaired) electrons. The summed E-state index contributed by atoms with van der Waals surface area (Å²) in [5, 5.41) is 3.02. The van der Waals surface area contributed by atoms with E-state index in [9.17, 15) is 9.59 Å². The molecule has 3 rings (SSSR count). The van der Waals surface area contributed by atoms with Gasteiger partial charge in [-0.25, -0.2) is 4.98 Å². The molecule has 2 amide bonds. The highest BCUT2D eigenvalue weighted by molar-refractivity contribution is 5.92. The lowest BCUT2D eigenvalue weighted by molar-refractivity contribution is -0.121. The predicted octanol–water partition coefficient (Wildman–Crippen LogP) is 3.55. The van der Waals surface area contributed by atoms with Gasteiger partial charge in [-0.1, -0.05) is 30.3 Å². The van der Waals surface area contributed by atoms with Crippen LogP contribution in [0.15, 0.2) is 65.5 Å². The van der Waals surface area contributed by atoms with Gasteiger partial charge in [-0.15, -0.1) is 0 Å². The molecule has 31 heavy (non-hydrogen) atoms. The van der Waals surface area contributed by atoms with Gasteiger partial charge in [-0.2, -0.15) is 0 Å². The summed E-state index contributed by atoms with van der Waals surface area (Å²) in [5.74, 6) is 0.270. The van der Waals surface area contributed by atoms with Crippen LogP contribution in [0.25, 0.3) is 0 Å². The highest BCUT2D eigenvalue weighted by Gasteiger charge is 2.20. The molecule has 0 spiro atoms. The minimum atomic E-state index is -0.283. The third-order valence-corrected chi connectivity index (χ3v) is 4.94. The molecule has 2 aromatic heterocycles. The Labute approximate surface area is 182 Å². The molecule has 1 N–H and O–H groups in total. The zero-order valence-electron chi connectivity index (χ0n) is 18.0. The molecule has 0 bridgehead atoms. The molecule has 7 nitrogen and oxygen atoms in total. The molecule has 0 unspecified atom stereocenters. The second-order valence-corrected chi connectivity index (χ2v) is 7.59. The van der Waals surface area contributed by atoms with E-state index in [1.165, 1.54) is 11.8 Å². The van der Waals surface area contributed by atoms with E-state index >= 15 is 0 Å². The van der Waals surface area contributed by atoms with Crippen LogP contribution in [-0.2, 0) is 17.8 Å². The Hall–Kier alpha value is -3.48. The van der Waals surface area contributed by atoms with Crippen LogP contribution in [0.1, 0.15) is 47.3 Å². The summed E-state index contributed by atoms with van der Waals surface area (Å²) in [7, 11) is 0. The van der Waals surface area contributed by atoms with Gasteiger partial charge in [0.2, 0.25) is 5.91 Å². The SMILES string of the molecule is Cc1cnc(C(=O)N(CCC(=O)N[C@H](C)CCc2ccccc2)Cc2ccco2)cn1. The number of carbonyl (C=O) groups excluding carboxylic acids is 2. The van der Waals surface area contributed by atoms with Crippen LogP contribution in [0.3, 0.4) is 0 Å². The molecule has 2 heterocycles. The third kappa shape index (κ3) is 7.06. The first kappa shape index (κ1) is 22.2. The van der Waals surface area contributed by atoms with E-state index in [0.717, 1.165) is 18.5 Å². The number of nitrogens with zero attached hydrogens (tertiary/aromatic N) is 3. The molecular weight excluding hydrogens is 392 g/mol. The molecule has 1 atom stereocenters. The van der Waals surface area contributed by atoms with Crippen molar-refractivity contribution in [2.75, 3.05) is 6.54 Å². The van der Waals surface area contributed by atoms with Crippen molar-refractivity contribution in [3.63, 3.8) is 0 Å². The second kappa shape index (κ2) is 11.1. The lowest BCUT2D eigenvalue weighted by Crippen LogP contribution is -2.38. The number of amides is 2. The van der Waals surface area contributed by atoms with Gasteiger partial charge in [0.05, 0.1) is 24.7 Å². The Kier molecular flexibility index (Phi) is 7.92. The van der Waals surface area contributed by atoms with Crippen LogP contribution in [0.2, 0.25) is 0 Å². The maximum absolute atomic E-state index is 12.9. The highest BCUT2D eigenvalue weighted by Crippen LogP contribution is 2.11. The molecule has 1 aromatic carbocycles. The minimum absolute atomic E-state index is 0.0462. The minimum Gasteiger partial charge on any atom is -0.467 e. The largest absolute Gasteiger partial charge is 0.467 e. The Bertz CT molecular complexity index is 956. The number of hydrogen-bond donors (Lipinski definition) is 1. The van der Waals surface area contributed by atoms with Gasteiger partial charge in [0.25, 0.3) is 5.91 Å². The van der Waals surface area contributed by atoms with Crippen molar-refractivity contribution < 1.29 is 14.0 Å². The highest BCUT2D eigenvalue weighted by atomic mass is 16.3. The van der Waals surface area contributed by atoms with Crippen LogP contribution in [0.5, 0.6) is 0 Å². The number of benzene rings is 1. The van der Waals surface area contributed by atoms with Gasteiger partial charge < -0.3 is 14.6 Å². The van der Waals surface area contributed by atoms with Crippen LogP contribution < -0.4 is 5.32 Å². The predicted molar refractivity (Wildman–Crippen MR) is 117 cm³/mol. The van der Waals surface area contributed by atoms with Crippen molar-refractivity contribution in [3.8, 4) is 0 Å². The smallest absolute Gasteiger partial charge is 0.274 e. The average Bonchev–Trinajstić information content (AvgIpc) is 3.29. The van der Waals surface area contributed by atoms with Crippen LogP contribution in [0, 0.1) is 6.92 Å². The van der Waals surface area contributed by atoms with Gasteiger partial charge in [-0.05, 0) is 44.4 Å². The maximum atomic E-state index is 12.9. The summed E-state index contributed by atoms with van der Waals surface area (Å²) in [6, 6.07) is 13.8. The summed E-state index contributed by atoms with van der Waals surface area (Å²) in [6.07, 6.45) is 6.52. The second-order valence-electron chi connectivity index (χ2n) is 7.59. The standard InChI is InChI=1S/C24H28N4O3/c1-18(10-11-20-7-4-3-5-8-20)27-23(29)12-13-28(17-21-9-6-14-31-21)24(30)22-16-25-19(2)15-26-22/h3-9,14-16,18H,10-13,17H2,1-2H3,(H,27,29)/t18-/m1/s1. The van der Waals surface area contributed by atoms with E-state index in [0.29, 0.717) is 5.76 Å². The lowest BCUT2D eigenvalue weighted by atomic mass is 10.1. The van der Waals surface area contributed by atoms with Crippen molar-refractivity contribution in [2.45, 2.75) is 45.7 Å². The van der Waals surface area contributed by atoms with Gasteiger partial charge >= 0.3 is 0 Å². The fourth-order valence-corrected chi connectivity index (χ4v) is 3.19. The molecule has 0 saturated carbocycles. The summed E-state index contributed by atoms with van der Waals surface area (Å²) in [4.78, 5) is 35.3. The Morgan fingerprint density at radius 3 is 2.58 bits per heavy atom. The molecule has 162 valence electrons. The number of rotatable bonds is 10. The van der Waals surface area contributed by atoms with E-state index in [2.05, 4.69) is 27.4 Å². The molecular formula is C24H28N4O3. The van der Waals surface area contributed by atoms with Crippen molar-refractivity contribution >= 4 is 11.8 Å². The molecule has 7 heteroatoms.